The number of nitrogens with zero attached hydrogens (tertiary/aromatic N) is 2. The average Bonchev–Trinajstić information content (AvgIpc) is 3.01. The van der Waals surface area contributed by atoms with E-state index < -0.39 is 5.97 Å². The van der Waals surface area contributed by atoms with E-state index in [1.165, 1.54) is 0 Å². The Morgan fingerprint density at radius 2 is 1.80 bits per heavy atom. The van der Waals surface area contributed by atoms with Crippen molar-refractivity contribution in [3.63, 3.8) is 0 Å². The van der Waals surface area contributed by atoms with Crippen LogP contribution in [0.4, 0.5) is 0 Å². The molecule has 1 aromatic heterocycles. The van der Waals surface area contributed by atoms with Crippen LogP contribution in [-0.2, 0) is 11.2 Å². The molecule has 0 bridgehead atoms. The number of benzene rings is 2. The molecule has 2 aromatic carbocycles. The maximum absolute atomic E-state index is 12.9. The molecule has 0 saturated carbocycles. The molecule has 0 N–H and O–H groups in total. The number of esters is 1. The number of hydrogen-bond acceptors (Lipinski definition) is 3. The van der Waals surface area contributed by atoms with Crippen molar-refractivity contribution in [1.82, 2.24) is 9.55 Å². The number of carbonyl (C=O) groups excluding carboxylic acids is 1. The predicted octanol–water partition coefficient (Wildman–Crippen LogP) is 6.92. The van der Waals surface area contributed by atoms with Gasteiger partial charge >= 0.3 is 5.97 Å². The Morgan fingerprint density at radius 3 is 2.43 bits per heavy atom. The first-order chi connectivity index (χ1) is 14.1. The van der Waals surface area contributed by atoms with Crippen molar-refractivity contribution >= 4 is 29.2 Å². The van der Waals surface area contributed by atoms with Crippen LogP contribution in [0, 0.1) is 12.3 Å². The summed E-state index contributed by atoms with van der Waals surface area (Å²) in [5.41, 5.74) is 3.56. The van der Waals surface area contributed by atoms with Crippen molar-refractivity contribution in [2.75, 3.05) is 6.61 Å². The molecule has 0 aliphatic carbocycles. The van der Waals surface area contributed by atoms with Crippen LogP contribution in [0.25, 0.3) is 16.9 Å². The molecule has 158 valence electrons. The van der Waals surface area contributed by atoms with Crippen molar-refractivity contribution in [2.24, 2.45) is 5.41 Å². The summed E-state index contributed by atoms with van der Waals surface area (Å²) in [6, 6.07) is 13.1. The van der Waals surface area contributed by atoms with E-state index in [-0.39, 0.29) is 17.7 Å². The Morgan fingerprint density at radius 1 is 1.10 bits per heavy atom. The monoisotopic (exact) mass is 444 g/mol. The lowest BCUT2D eigenvalue weighted by Gasteiger charge is -2.21. The lowest BCUT2D eigenvalue weighted by Crippen LogP contribution is -2.14. The topological polar surface area (TPSA) is 44.1 Å². The van der Waals surface area contributed by atoms with Gasteiger partial charge in [-0.25, -0.2) is 9.78 Å². The van der Waals surface area contributed by atoms with Gasteiger partial charge in [-0.1, -0.05) is 62.2 Å². The quantitative estimate of drug-likeness (QED) is 0.401. The summed E-state index contributed by atoms with van der Waals surface area (Å²) in [6.07, 6.45) is 0.659. The molecule has 0 saturated heterocycles. The molecule has 3 aromatic rings. The first-order valence-corrected chi connectivity index (χ1v) is 10.7. The van der Waals surface area contributed by atoms with Gasteiger partial charge in [-0.05, 0) is 49.1 Å². The first kappa shape index (κ1) is 22.4. The maximum Gasteiger partial charge on any atom is 0.359 e. The number of halogens is 2. The molecule has 0 fully saturated rings. The van der Waals surface area contributed by atoms with Crippen molar-refractivity contribution in [1.29, 1.82) is 0 Å². The summed E-state index contributed by atoms with van der Waals surface area (Å²) in [7, 11) is 0. The smallest absolute Gasteiger partial charge is 0.359 e. The summed E-state index contributed by atoms with van der Waals surface area (Å²) in [4.78, 5) is 17.7. The summed E-state index contributed by atoms with van der Waals surface area (Å²) >= 11 is 12.6. The van der Waals surface area contributed by atoms with E-state index >= 15 is 0 Å². The standard InChI is InChI=1S/C24H26Cl2N2O2/c1-6-30-23(29)21-22(16-8-7-9-17(25)12-16)28(20(27-21)14-24(3,4)5)19-13-18(26)11-10-15(19)2/h7-13H,6,14H2,1-5H3. The number of rotatable bonds is 5. The summed E-state index contributed by atoms with van der Waals surface area (Å²) in [6.45, 7) is 10.5. The molecular formula is C24H26Cl2N2O2. The Labute approximate surface area is 187 Å². The van der Waals surface area contributed by atoms with Gasteiger partial charge in [-0.2, -0.15) is 0 Å². The molecule has 0 aliphatic rings. The second-order valence-corrected chi connectivity index (χ2v) is 9.33. The van der Waals surface area contributed by atoms with Crippen molar-refractivity contribution in [2.45, 2.75) is 41.0 Å². The molecular weight excluding hydrogens is 419 g/mol. The van der Waals surface area contributed by atoms with Gasteiger partial charge in [0.2, 0.25) is 0 Å². The number of ether oxygens (including phenoxy) is 1. The van der Waals surface area contributed by atoms with Gasteiger partial charge in [0.25, 0.3) is 0 Å². The molecule has 0 spiro atoms. The van der Waals surface area contributed by atoms with E-state index in [0.717, 1.165) is 22.6 Å². The minimum atomic E-state index is -0.457. The lowest BCUT2D eigenvalue weighted by atomic mass is 9.92. The van der Waals surface area contributed by atoms with Gasteiger partial charge in [0.05, 0.1) is 18.0 Å². The van der Waals surface area contributed by atoms with E-state index in [0.29, 0.717) is 22.2 Å². The third-order valence-electron chi connectivity index (χ3n) is 4.61. The number of aryl methyl sites for hydroxylation is 1. The summed E-state index contributed by atoms with van der Waals surface area (Å²) in [5.74, 6) is 0.312. The zero-order valence-electron chi connectivity index (χ0n) is 17.9. The molecule has 6 heteroatoms. The second kappa shape index (κ2) is 8.83. The van der Waals surface area contributed by atoms with Crippen LogP contribution in [0.15, 0.2) is 42.5 Å². The normalized spacial score (nSPS) is 11.6. The van der Waals surface area contributed by atoms with Crippen molar-refractivity contribution < 1.29 is 9.53 Å². The average molecular weight is 445 g/mol. The highest BCUT2D eigenvalue weighted by atomic mass is 35.5. The van der Waals surface area contributed by atoms with Crippen molar-refractivity contribution in [3.05, 3.63) is 69.6 Å². The third-order valence-corrected chi connectivity index (χ3v) is 5.08. The minimum Gasteiger partial charge on any atom is -0.461 e. The minimum absolute atomic E-state index is 0.0485. The highest BCUT2D eigenvalue weighted by molar-refractivity contribution is 6.31. The van der Waals surface area contributed by atoms with Gasteiger partial charge in [0.15, 0.2) is 5.69 Å². The van der Waals surface area contributed by atoms with Gasteiger partial charge < -0.3 is 4.74 Å². The molecule has 4 nitrogen and oxygen atoms in total. The van der Waals surface area contributed by atoms with Gasteiger partial charge in [-0.15, -0.1) is 0 Å². The highest BCUT2D eigenvalue weighted by Gasteiger charge is 2.28. The largest absolute Gasteiger partial charge is 0.461 e. The van der Waals surface area contributed by atoms with Gasteiger partial charge in [0.1, 0.15) is 5.82 Å². The molecule has 0 radical (unpaired) electrons. The van der Waals surface area contributed by atoms with Gasteiger partial charge in [0, 0.05) is 22.0 Å². The third kappa shape index (κ3) is 4.88. The first-order valence-electron chi connectivity index (χ1n) is 9.92. The van der Waals surface area contributed by atoms with Crippen LogP contribution >= 0.6 is 23.2 Å². The lowest BCUT2D eigenvalue weighted by molar-refractivity contribution is 0.0520. The number of imidazole rings is 1. The summed E-state index contributed by atoms with van der Waals surface area (Å²) < 4.78 is 7.35. The summed E-state index contributed by atoms with van der Waals surface area (Å²) in [5, 5.41) is 1.19. The molecule has 0 aliphatic heterocycles. The number of hydrogen-bond donors (Lipinski definition) is 0. The van der Waals surface area contributed by atoms with Crippen LogP contribution in [0.5, 0.6) is 0 Å². The Bertz CT molecular complexity index is 1080. The zero-order chi connectivity index (χ0) is 22.1. The van der Waals surface area contributed by atoms with Crippen LogP contribution in [0.1, 0.15) is 49.6 Å². The Balaban J connectivity index is 2.41. The Kier molecular flexibility index (Phi) is 6.59. The number of carbonyl (C=O) groups is 1. The number of aromatic nitrogens is 2. The van der Waals surface area contributed by atoms with Crippen LogP contribution < -0.4 is 0 Å². The molecule has 3 rings (SSSR count). The van der Waals surface area contributed by atoms with E-state index in [1.54, 1.807) is 13.0 Å². The van der Waals surface area contributed by atoms with E-state index in [1.807, 2.05) is 47.9 Å². The Hall–Kier alpha value is -2.30. The fourth-order valence-electron chi connectivity index (χ4n) is 3.39. The molecule has 0 amide bonds. The fraction of sp³-hybridized carbons (Fsp3) is 0.333. The second-order valence-electron chi connectivity index (χ2n) is 8.46. The fourth-order valence-corrected chi connectivity index (χ4v) is 3.74. The zero-order valence-corrected chi connectivity index (χ0v) is 19.4. The van der Waals surface area contributed by atoms with Crippen LogP contribution in [0.3, 0.4) is 0 Å². The molecule has 1 heterocycles. The maximum atomic E-state index is 12.9. The molecule has 0 atom stereocenters. The van der Waals surface area contributed by atoms with Crippen LogP contribution in [-0.4, -0.2) is 22.1 Å². The SMILES string of the molecule is CCOC(=O)c1nc(CC(C)(C)C)n(-c2cc(Cl)ccc2C)c1-c1cccc(Cl)c1. The van der Waals surface area contributed by atoms with Crippen molar-refractivity contribution in [3.8, 4) is 16.9 Å². The van der Waals surface area contributed by atoms with E-state index in [4.69, 9.17) is 32.9 Å². The molecule has 0 unspecified atom stereocenters. The van der Waals surface area contributed by atoms with E-state index in [2.05, 4.69) is 20.8 Å². The predicted molar refractivity (Wildman–Crippen MR) is 123 cm³/mol. The van der Waals surface area contributed by atoms with E-state index in [9.17, 15) is 4.79 Å². The van der Waals surface area contributed by atoms with Gasteiger partial charge in [-0.3, -0.25) is 4.57 Å². The highest BCUT2D eigenvalue weighted by Crippen LogP contribution is 2.35. The van der Waals surface area contributed by atoms with Crippen LogP contribution in [0.2, 0.25) is 10.0 Å². The molecule has 30 heavy (non-hydrogen) atoms.